The summed E-state index contributed by atoms with van der Waals surface area (Å²) in [6.45, 7) is 6.68. The average molecular weight is 663 g/mol. The van der Waals surface area contributed by atoms with Gasteiger partial charge in [-0.3, -0.25) is 0 Å². The SMILES string of the molecule is CC(=O)OCC1O[C@@H]([Se][C@@H]2OC(COC(C)=O)[C@H](OC(C)=O)[C@H](N=[N+]=[N-])C2OC(C)=O)[C@H](C)C(N=[N+]=[N-])[C@H]1OC(C)=O. The van der Waals surface area contributed by atoms with Gasteiger partial charge in [-0.15, -0.1) is 0 Å². The Bertz CT molecular complexity index is 1130. The van der Waals surface area contributed by atoms with Gasteiger partial charge in [0.2, 0.25) is 0 Å². The molecule has 10 atom stereocenters. The molecule has 0 bridgehead atoms. The van der Waals surface area contributed by atoms with Crippen LogP contribution in [0.5, 0.6) is 0 Å². The van der Waals surface area contributed by atoms with Crippen molar-refractivity contribution in [2.24, 2.45) is 16.1 Å². The van der Waals surface area contributed by atoms with Gasteiger partial charge in [0.15, 0.2) is 0 Å². The van der Waals surface area contributed by atoms with Crippen molar-refractivity contribution in [2.75, 3.05) is 13.2 Å². The van der Waals surface area contributed by atoms with E-state index >= 15 is 0 Å². The molecule has 2 fully saturated rings. The Balaban J connectivity index is 2.53. The Morgan fingerprint density at radius 1 is 0.667 bits per heavy atom. The molecule has 2 aliphatic rings. The fourth-order valence-electron chi connectivity index (χ4n) is 4.43. The second-order valence-electron chi connectivity index (χ2n) is 9.30. The molecular weight excluding hydrogens is 631 g/mol. The summed E-state index contributed by atoms with van der Waals surface area (Å²) in [5.41, 5.74) is 18.6. The molecule has 0 saturated carbocycles. The van der Waals surface area contributed by atoms with Crippen molar-refractivity contribution in [2.45, 2.75) is 94.2 Å². The van der Waals surface area contributed by atoms with Crippen LogP contribution in [0.15, 0.2) is 10.2 Å². The Hall–Kier alpha value is -3.59. The molecule has 2 rings (SSSR count). The molecule has 4 unspecified atom stereocenters. The van der Waals surface area contributed by atoms with Crippen LogP contribution in [-0.2, 0) is 57.1 Å². The molecular formula is C23H32N6O12Se. The molecule has 42 heavy (non-hydrogen) atoms. The molecule has 0 amide bonds. The second-order valence-corrected chi connectivity index (χ2v) is 11.8. The molecule has 0 aromatic heterocycles. The molecule has 2 heterocycles. The fourth-order valence-corrected chi connectivity index (χ4v) is 7.49. The fraction of sp³-hybridized carbons (Fsp3) is 0.783. The zero-order valence-corrected chi connectivity index (χ0v) is 25.4. The van der Waals surface area contributed by atoms with E-state index in [4.69, 9.17) is 33.2 Å². The summed E-state index contributed by atoms with van der Waals surface area (Å²) in [5, 5.41) is 5.73. The van der Waals surface area contributed by atoms with Gasteiger partial charge in [-0.05, 0) is 0 Å². The van der Waals surface area contributed by atoms with Crippen molar-refractivity contribution in [3.8, 4) is 0 Å². The van der Waals surface area contributed by atoms with Gasteiger partial charge in [0.05, 0.1) is 0 Å². The van der Waals surface area contributed by atoms with E-state index in [2.05, 4.69) is 20.1 Å². The Morgan fingerprint density at radius 2 is 1.07 bits per heavy atom. The monoisotopic (exact) mass is 664 g/mol. The predicted octanol–water partition coefficient (Wildman–Crippen LogP) is 1.06. The van der Waals surface area contributed by atoms with Crippen LogP contribution in [0.1, 0.15) is 41.5 Å². The Kier molecular flexibility index (Phi) is 13.3. The van der Waals surface area contributed by atoms with Gasteiger partial charge < -0.3 is 0 Å². The Morgan fingerprint density at radius 3 is 1.50 bits per heavy atom. The summed E-state index contributed by atoms with van der Waals surface area (Å²) < 4.78 is 38.8. The number of carbonyl (C=O) groups is 5. The van der Waals surface area contributed by atoms with Crippen molar-refractivity contribution < 1.29 is 57.1 Å². The zero-order valence-electron chi connectivity index (χ0n) is 23.7. The third-order valence-corrected chi connectivity index (χ3v) is 9.10. The van der Waals surface area contributed by atoms with Crippen LogP contribution in [0.2, 0.25) is 0 Å². The average Bonchev–Trinajstić information content (AvgIpc) is 2.88. The van der Waals surface area contributed by atoms with Gasteiger partial charge in [-0.25, -0.2) is 0 Å². The van der Waals surface area contributed by atoms with E-state index in [0.29, 0.717) is 0 Å². The minimum atomic E-state index is -1.29. The van der Waals surface area contributed by atoms with Crippen molar-refractivity contribution >= 4 is 44.8 Å². The number of hydrogen-bond acceptors (Lipinski definition) is 14. The molecule has 0 aliphatic carbocycles. The van der Waals surface area contributed by atoms with Crippen LogP contribution in [0.3, 0.4) is 0 Å². The first kappa shape index (κ1) is 34.6. The van der Waals surface area contributed by atoms with E-state index in [1.54, 1.807) is 6.92 Å². The number of ether oxygens (including phenoxy) is 7. The van der Waals surface area contributed by atoms with Crippen LogP contribution >= 0.6 is 0 Å². The van der Waals surface area contributed by atoms with E-state index in [-0.39, 0.29) is 6.61 Å². The van der Waals surface area contributed by atoms with Crippen molar-refractivity contribution in [3.63, 3.8) is 0 Å². The summed E-state index contributed by atoms with van der Waals surface area (Å²) >= 11 is -0.864. The van der Waals surface area contributed by atoms with Crippen LogP contribution < -0.4 is 0 Å². The third-order valence-electron chi connectivity index (χ3n) is 6.04. The van der Waals surface area contributed by atoms with Crippen molar-refractivity contribution in [1.82, 2.24) is 0 Å². The number of hydrogen-bond donors (Lipinski definition) is 0. The molecule has 0 aromatic carbocycles. The molecule has 0 radical (unpaired) electrons. The minimum absolute atomic E-state index is 0.339. The van der Waals surface area contributed by atoms with Gasteiger partial charge in [-0.2, -0.15) is 0 Å². The van der Waals surface area contributed by atoms with Crippen LogP contribution in [-0.4, -0.2) is 111 Å². The zero-order chi connectivity index (χ0) is 31.6. The molecule has 2 aliphatic heterocycles. The third kappa shape index (κ3) is 9.75. The number of esters is 5. The number of nitrogens with zero attached hydrogens (tertiary/aromatic N) is 6. The normalized spacial score (nSPS) is 32.1. The van der Waals surface area contributed by atoms with Gasteiger partial charge in [0.1, 0.15) is 0 Å². The van der Waals surface area contributed by atoms with Gasteiger partial charge in [-0.1, -0.05) is 0 Å². The summed E-state index contributed by atoms with van der Waals surface area (Å²) in [7, 11) is 0. The molecule has 0 N–H and O–H groups in total. The quantitative estimate of drug-likeness (QED) is 0.0752. The topological polar surface area (TPSA) is 247 Å². The standard InChI is InChI=1S/C23H32N6O12Se/c1-9-17(26-28-24)19(37-12(4)32)15(7-35-10(2)30)40-22(9)42-23-21(39-14(6)34)18(27-29-25)20(38-13(5)33)16(41-23)8-36-11(3)31/h9,15-23H,7-8H2,1-6H3/t9-,15?,16?,17?,18+,19+,20+,21?,22+,23+/m1/s1. The first-order chi connectivity index (χ1) is 19.8. The van der Waals surface area contributed by atoms with Gasteiger partial charge in [0.25, 0.3) is 0 Å². The molecule has 18 nitrogen and oxygen atoms in total. The second kappa shape index (κ2) is 16.2. The molecule has 19 heteroatoms. The number of azide groups is 2. The molecule has 232 valence electrons. The molecule has 0 aromatic rings. The van der Waals surface area contributed by atoms with Crippen molar-refractivity contribution in [1.29, 1.82) is 0 Å². The molecule has 0 spiro atoms. The van der Waals surface area contributed by atoms with E-state index in [1.807, 2.05) is 0 Å². The predicted molar refractivity (Wildman–Crippen MR) is 138 cm³/mol. The van der Waals surface area contributed by atoms with E-state index < -0.39 is 110 Å². The first-order valence-electron chi connectivity index (χ1n) is 12.6. The molecule has 2 saturated heterocycles. The Labute approximate surface area is 246 Å². The summed E-state index contributed by atoms with van der Waals surface area (Å²) in [4.78, 5) is 64.7. The van der Waals surface area contributed by atoms with E-state index in [1.165, 1.54) is 6.92 Å². The summed E-state index contributed by atoms with van der Waals surface area (Å²) in [6.07, 6.45) is -5.85. The van der Waals surface area contributed by atoms with E-state index in [0.717, 1.165) is 27.7 Å². The van der Waals surface area contributed by atoms with Crippen LogP contribution in [0.25, 0.3) is 20.9 Å². The maximum absolute atomic E-state index is 12.1. The van der Waals surface area contributed by atoms with Crippen molar-refractivity contribution in [3.05, 3.63) is 20.9 Å². The van der Waals surface area contributed by atoms with Crippen LogP contribution in [0.4, 0.5) is 0 Å². The van der Waals surface area contributed by atoms with E-state index in [9.17, 15) is 35.0 Å². The number of rotatable bonds is 11. The summed E-state index contributed by atoms with van der Waals surface area (Å²) in [6, 6.07) is -2.25. The van der Waals surface area contributed by atoms with Crippen LogP contribution in [0, 0.1) is 5.92 Å². The van der Waals surface area contributed by atoms with Gasteiger partial charge >= 0.3 is 246 Å². The summed E-state index contributed by atoms with van der Waals surface area (Å²) in [5.74, 6) is -4.10. The maximum atomic E-state index is 12.1. The number of carbonyl (C=O) groups excluding carboxylic acids is 5. The first-order valence-corrected chi connectivity index (χ1v) is 14.6. The van der Waals surface area contributed by atoms with Gasteiger partial charge in [0, 0.05) is 0 Å².